The van der Waals surface area contributed by atoms with E-state index in [1.165, 1.54) is 41.5 Å². The molecule has 10 amide bonds. The quantitative estimate of drug-likeness (QED) is 0.0396. The Morgan fingerprint density at radius 3 is 1.49 bits per heavy atom. The van der Waals surface area contributed by atoms with Crippen molar-refractivity contribution in [2.24, 2.45) is 17.8 Å². The Morgan fingerprint density at radius 1 is 0.512 bits per heavy atom. The van der Waals surface area contributed by atoms with Gasteiger partial charge in [-0.2, -0.15) is 0 Å². The molecule has 1 fully saturated rings. The van der Waals surface area contributed by atoms with Gasteiger partial charge in [-0.1, -0.05) is 107 Å². The standard InChI is InChI=1S/C59H109N11O10/c1-18-20-22-23-24-26-28-42(61-53(77)46-29-27-33-70(46)48(72)30-25-21-19-2)49(73)62-44(37-40(5)6)51(75)65-58(11,12)55(79)64-43(36-39(3)4)50(74)63-45(38-41(7)8)52(76)66-59(13,14)56(80)67-57(9,10)54(78)60-32-31-47(71)69(17)35-34-68(15)16/h39-46H,18-38H2,1-17H3,(H,60,78)(H,61,77)(H,62,73)(H,63,74)(H,64,79)(H,65,75)(H,66,76)(H,67,80)/t42?,43?,44?,45?,46-/m0/s1. The van der Waals surface area contributed by atoms with Crippen LogP contribution in [0.1, 0.15) is 206 Å². The fourth-order valence-electron chi connectivity index (χ4n) is 9.24. The van der Waals surface area contributed by atoms with Gasteiger partial charge in [0.25, 0.3) is 0 Å². The van der Waals surface area contributed by atoms with E-state index in [0.29, 0.717) is 51.7 Å². The highest BCUT2D eigenvalue weighted by atomic mass is 16.2. The Kier molecular flexibility index (Phi) is 32.3. The first-order valence-electron chi connectivity index (χ1n) is 29.8. The van der Waals surface area contributed by atoms with Crippen LogP contribution < -0.4 is 42.5 Å². The number of unbranched alkanes of at least 4 members (excludes halogenated alkanes) is 7. The monoisotopic (exact) mass is 1130 g/mol. The van der Waals surface area contributed by atoms with Crippen LogP contribution in [0.3, 0.4) is 0 Å². The van der Waals surface area contributed by atoms with E-state index in [1.54, 1.807) is 16.8 Å². The number of likely N-dealkylation sites (N-methyl/N-ethyl adjacent to an activating group) is 2. The molecule has 5 atom stereocenters. The minimum Gasteiger partial charge on any atom is -0.354 e. The number of carbonyl (C=O) groups excluding carboxylic acids is 10. The maximum absolute atomic E-state index is 14.3. The molecule has 460 valence electrons. The normalized spacial score (nSPS) is 15.4. The molecule has 1 saturated heterocycles. The molecule has 0 radical (unpaired) electrons. The molecule has 0 aromatic rings. The van der Waals surface area contributed by atoms with Gasteiger partial charge < -0.3 is 57.2 Å². The summed E-state index contributed by atoms with van der Waals surface area (Å²) in [6, 6.07) is -5.08. The number of hydrogen-bond acceptors (Lipinski definition) is 11. The first-order chi connectivity index (χ1) is 37.2. The lowest BCUT2D eigenvalue weighted by Crippen LogP contribution is -2.65. The summed E-state index contributed by atoms with van der Waals surface area (Å²) in [6.07, 6.45) is 10.8. The first kappa shape index (κ1) is 72.7. The van der Waals surface area contributed by atoms with Crippen LogP contribution >= 0.6 is 0 Å². The van der Waals surface area contributed by atoms with Crippen molar-refractivity contribution in [3.05, 3.63) is 0 Å². The van der Waals surface area contributed by atoms with Gasteiger partial charge in [0, 0.05) is 46.1 Å². The molecule has 1 rings (SSSR count). The number of hydrogen-bond donors (Lipinski definition) is 8. The van der Waals surface area contributed by atoms with E-state index in [9.17, 15) is 47.9 Å². The Hall–Kier alpha value is -5.34. The summed E-state index contributed by atoms with van der Waals surface area (Å²) < 4.78 is 0. The van der Waals surface area contributed by atoms with Crippen molar-refractivity contribution in [2.75, 3.05) is 47.3 Å². The Morgan fingerprint density at radius 2 is 0.975 bits per heavy atom. The van der Waals surface area contributed by atoms with Crippen molar-refractivity contribution in [1.29, 1.82) is 0 Å². The second kappa shape index (κ2) is 35.5. The zero-order chi connectivity index (χ0) is 61.1. The van der Waals surface area contributed by atoms with Gasteiger partial charge in [0.2, 0.25) is 59.1 Å². The van der Waals surface area contributed by atoms with E-state index in [4.69, 9.17) is 0 Å². The maximum atomic E-state index is 14.3. The Bertz CT molecular complexity index is 2020. The summed E-state index contributed by atoms with van der Waals surface area (Å²) in [6.45, 7) is 26.1. The highest BCUT2D eigenvalue weighted by Gasteiger charge is 2.41. The smallest absolute Gasteiger partial charge is 0.246 e. The fourth-order valence-corrected chi connectivity index (χ4v) is 9.24. The predicted molar refractivity (Wildman–Crippen MR) is 313 cm³/mol. The Labute approximate surface area is 480 Å². The lowest BCUT2D eigenvalue weighted by molar-refractivity contribution is -0.140. The topological polar surface area (TPSA) is 277 Å². The summed E-state index contributed by atoms with van der Waals surface area (Å²) in [5.41, 5.74) is -4.63. The van der Waals surface area contributed by atoms with Crippen LogP contribution in [0.2, 0.25) is 0 Å². The third-order valence-electron chi connectivity index (χ3n) is 14.3. The third kappa shape index (κ3) is 27.0. The van der Waals surface area contributed by atoms with Crippen molar-refractivity contribution >= 4 is 59.1 Å². The molecule has 0 aromatic carbocycles. The van der Waals surface area contributed by atoms with Gasteiger partial charge >= 0.3 is 0 Å². The summed E-state index contributed by atoms with van der Waals surface area (Å²) in [5, 5.41) is 22.4. The van der Waals surface area contributed by atoms with Crippen LogP contribution in [0.25, 0.3) is 0 Å². The molecule has 1 aliphatic heterocycles. The van der Waals surface area contributed by atoms with Gasteiger partial charge in [0.1, 0.15) is 46.8 Å². The summed E-state index contributed by atoms with van der Waals surface area (Å²) in [5.74, 6) is -5.34. The molecule has 21 nitrogen and oxygen atoms in total. The van der Waals surface area contributed by atoms with E-state index in [0.717, 1.165) is 51.4 Å². The summed E-state index contributed by atoms with van der Waals surface area (Å²) >= 11 is 0. The van der Waals surface area contributed by atoms with E-state index < -0.39 is 94.1 Å². The van der Waals surface area contributed by atoms with Gasteiger partial charge in [0.15, 0.2) is 0 Å². The zero-order valence-corrected chi connectivity index (χ0v) is 52.4. The van der Waals surface area contributed by atoms with Crippen LogP contribution in [-0.2, 0) is 47.9 Å². The number of carbonyl (C=O) groups is 10. The van der Waals surface area contributed by atoms with Crippen molar-refractivity contribution in [1.82, 2.24) is 57.2 Å². The zero-order valence-electron chi connectivity index (χ0n) is 52.4. The number of nitrogens with one attached hydrogen (secondary N) is 8. The predicted octanol–water partition coefficient (Wildman–Crippen LogP) is 4.60. The average molecular weight is 1130 g/mol. The van der Waals surface area contributed by atoms with Crippen LogP contribution in [0.15, 0.2) is 0 Å². The van der Waals surface area contributed by atoms with Crippen LogP contribution in [0, 0.1) is 17.8 Å². The molecule has 1 heterocycles. The first-order valence-corrected chi connectivity index (χ1v) is 29.8. The second-order valence-electron chi connectivity index (χ2n) is 25.3. The van der Waals surface area contributed by atoms with Crippen molar-refractivity contribution in [3.8, 4) is 0 Å². The highest BCUT2D eigenvalue weighted by Crippen LogP contribution is 2.21. The molecule has 8 N–H and O–H groups in total. The van der Waals surface area contributed by atoms with E-state index in [-0.39, 0.29) is 61.8 Å². The van der Waals surface area contributed by atoms with Gasteiger partial charge in [-0.25, -0.2) is 0 Å². The van der Waals surface area contributed by atoms with E-state index in [2.05, 4.69) is 56.4 Å². The van der Waals surface area contributed by atoms with Gasteiger partial charge in [-0.15, -0.1) is 0 Å². The Balaban J connectivity index is 3.25. The van der Waals surface area contributed by atoms with Gasteiger partial charge in [-0.3, -0.25) is 47.9 Å². The number of amides is 10. The van der Waals surface area contributed by atoms with Gasteiger partial charge in [0.05, 0.1) is 0 Å². The number of nitrogens with zero attached hydrogens (tertiary/aromatic N) is 3. The van der Waals surface area contributed by atoms with Crippen LogP contribution in [0.4, 0.5) is 0 Å². The van der Waals surface area contributed by atoms with Crippen molar-refractivity contribution in [2.45, 2.75) is 253 Å². The molecule has 4 unspecified atom stereocenters. The fraction of sp³-hybridized carbons (Fsp3) is 0.831. The van der Waals surface area contributed by atoms with E-state index in [1.807, 2.05) is 60.5 Å². The molecule has 1 aliphatic rings. The molecule has 0 spiro atoms. The minimum atomic E-state index is -1.62. The average Bonchev–Trinajstić information content (AvgIpc) is 3.85. The van der Waals surface area contributed by atoms with Crippen LogP contribution in [0.5, 0.6) is 0 Å². The lowest BCUT2D eigenvalue weighted by atomic mass is 9.96. The largest absolute Gasteiger partial charge is 0.354 e. The molecule has 0 bridgehead atoms. The van der Waals surface area contributed by atoms with Crippen LogP contribution in [-0.4, -0.2) is 168 Å². The number of likely N-dealkylation sites (tertiary alicyclic amines) is 1. The van der Waals surface area contributed by atoms with E-state index >= 15 is 0 Å². The lowest BCUT2D eigenvalue weighted by Gasteiger charge is -2.34. The highest BCUT2D eigenvalue weighted by molar-refractivity contribution is 6.00. The summed E-state index contributed by atoms with van der Waals surface area (Å²) in [4.78, 5) is 143. The maximum Gasteiger partial charge on any atom is 0.246 e. The molecule has 0 aromatic heterocycles. The number of rotatable bonds is 38. The molecule has 21 heteroatoms. The van der Waals surface area contributed by atoms with Gasteiger partial charge in [-0.05, 0) is 118 Å². The molecule has 0 aliphatic carbocycles. The SMILES string of the molecule is CCCCCCCCC(NC(=O)[C@@H]1CCCN1C(=O)CCCCC)C(=O)NC(CC(C)C)C(=O)NC(C)(C)C(=O)NC(CC(C)C)C(=O)NC(CC(C)C)C(=O)NC(C)(C)C(=O)NC(C)(C)C(=O)NCCC(=O)N(C)CCN(C)C. The minimum absolute atomic E-state index is 0.0528. The van der Waals surface area contributed by atoms with Crippen molar-refractivity contribution < 1.29 is 47.9 Å². The molecular formula is C59H109N11O10. The second-order valence-corrected chi connectivity index (χ2v) is 25.3. The summed E-state index contributed by atoms with van der Waals surface area (Å²) in [7, 11) is 5.51. The molecule has 80 heavy (non-hydrogen) atoms. The third-order valence-corrected chi connectivity index (χ3v) is 14.3. The molecular weight excluding hydrogens is 1020 g/mol. The molecule has 0 saturated carbocycles. The van der Waals surface area contributed by atoms with Crippen molar-refractivity contribution in [3.63, 3.8) is 0 Å².